The maximum atomic E-state index is 13.6. The van der Waals surface area contributed by atoms with Crippen LogP contribution in [0.15, 0.2) is 48.5 Å². The summed E-state index contributed by atoms with van der Waals surface area (Å²) < 4.78 is 26.8. The summed E-state index contributed by atoms with van der Waals surface area (Å²) in [5.41, 5.74) is 0.402. The number of benzene rings is 2. The van der Waals surface area contributed by atoms with E-state index in [2.05, 4.69) is 10.6 Å². The SMILES string of the molecule is O=C(NCCC(=O)N1CCNC(=O)[C@@H]1c1ccc(F)cc1)c1ccccc1F. The third-order valence-corrected chi connectivity index (χ3v) is 4.46. The van der Waals surface area contributed by atoms with Gasteiger partial charge in [-0.25, -0.2) is 8.78 Å². The van der Waals surface area contributed by atoms with E-state index < -0.39 is 23.6 Å². The van der Waals surface area contributed by atoms with E-state index in [1.807, 2.05) is 0 Å². The van der Waals surface area contributed by atoms with Gasteiger partial charge in [-0.15, -0.1) is 0 Å². The maximum Gasteiger partial charge on any atom is 0.254 e. The van der Waals surface area contributed by atoms with Crippen molar-refractivity contribution >= 4 is 17.7 Å². The first-order chi connectivity index (χ1) is 13.5. The number of halogens is 2. The van der Waals surface area contributed by atoms with Crippen LogP contribution in [0.1, 0.15) is 28.4 Å². The zero-order valence-electron chi connectivity index (χ0n) is 15.0. The highest BCUT2D eigenvalue weighted by molar-refractivity contribution is 5.95. The molecule has 3 amide bonds. The zero-order valence-corrected chi connectivity index (χ0v) is 15.0. The van der Waals surface area contributed by atoms with Crippen LogP contribution in [0.5, 0.6) is 0 Å². The van der Waals surface area contributed by atoms with E-state index in [9.17, 15) is 23.2 Å². The Kier molecular flexibility index (Phi) is 5.98. The van der Waals surface area contributed by atoms with Crippen LogP contribution in [-0.2, 0) is 9.59 Å². The monoisotopic (exact) mass is 387 g/mol. The van der Waals surface area contributed by atoms with Crippen LogP contribution in [0, 0.1) is 11.6 Å². The van der Waals surface area contributed by atoms with Crippen molar-refractivity contribution in [2.45, 2.75) is 12.5 Å². The standard InChI is InChI=1S/C20H19F2N3O3/c21-14-7-5-13(6-8-14)18-20(28)24-11-12-25(18)17(26)9-10-23-19(27)15-3-1-2-4-16(15)22/h1-8,18H,9-12H2,(H,23,27)(H,24,28)/t18-/m0/s1. The number of amides is 3. The molecule has 2 aromatic rings. The summed E-state index contributed by atoms with van der Waals surface area (Å²) in [7, 11) is 0. The van der Waals surface area contributed by atoms with Crippen LogP contribution in [0.3, 0.4) is 0 Å². The van der Waals surface area contributed by atoms with Gasteiger partial charge in [0.2, 0.25) is 11.8 Å². The Morgan fingerprint density at radius 3 is 2.54 bits per heavy atom. The lowest BCUT2D eigenvalue weighted by atomic mass is 10.0. The molecule has 1 heterocycles. The number of rotatable bonds is 5. The first-order valence-corrected chi connectivity index (χ1v) is 8.83. The average molecular weight is 387 g/mol. The van der Waals surface area contributed by atoms with Crippen molar-refractivity contribution in [3.8, 4) is 0 Å². The van der Waals surface area contributed by atoms with Gasteiger partial charge in [0.05, 0.1) is 5.56 Å². The second-order valence-corrected chi connectivity index (χ2v) is 6.32. The van der Waals surface area contributed by atoms with E-state index in [0.29, 0.717) is 18.7 Å². The summed E-state index contributed by atoms with van der Waals surface area (Å²) in [6.07, 6.45) is -0.0504. The normalized spacial score (nSPS) is 16.4. The molecule has 146 valence electrons. The van der Waals surface area contributed by atoms with Gasteiger partial charge in [0, 0.05) is 26.1 Å². The fraction of sp³-hybridized carbons (Fsp3) is 0.250. The quantitative estimate of drug-likeness (QED) is 0.821. The van der Waals surface area contributed by atoms with Crippen LogP contribution in [-0.4, -0.2) is 42.3 Å². The van der Waals surface area contributed by atoms with E-state index in [0.717, 1.165) is 0 Å². The molecule has 1 atom stereocenters. The minimum absolute atomic E-state index is 0.000256. The third kappa shape index (κ3) is 4.33. The number of hydrogen-bond donors (Lipinski definition) is 2. The van der Waals surface area contributed by atoms with Gasteiger partial charge < -0.3 is 15.5 Å². The van der Waals surface area contributed by atoms with Gasteiger partial charge in [-0.2, -0.15) is 0 Å². The third-order valence-electron chi connectivity index (χ3n) is 4.46. The second kappa shape index (κ2) is 8.60. The molecule has 0 spiro atoms. The van der Waals surface area contributed by atoms with E-state index in [1.165, 1.54) is 47.4 Å². The largest absolute Gasteiger partial charge is 0.352 e. The molecule has 8 heteroatoms. The summed E-state index contributed by atoms with van der Waals surface area (Å²) >= 11 is 0. The Hall–Kier alpha value is -3.29. The molecule has 1 aliphatic heterocycles. The van der Waals surface area contributed by atoms with Crippen LogP contribution in [0.4, 0.5) is 8.78 Å². The first kappa shape index (κ1) is 19.5. The molecule has 0 radical (unpaired) electrons. The molecule has 3 rings (SSSR count). The number of carbonyl (C=O) groups is 3. The number of nitrogens with zero attached hydrogens (tertiary/aromatic N) is 1. The average Bonchev–Trinajstić information content (AvgIpc) is 2.69. The summed E-state index contributed by atoms with van der Waals surface area (Å²) in [5.74, 6) is -2.37. The fourth-order valence-electron chi connectivity index (χ4n) is 3.08. The number of piperazine rings is 1. The molecular weight excluding hydrogens is 368 g/mol. The van der Waals surface area contributed by atoms with E-state index in [1.54, 1.807) is 6.07 Å². The predicted molar refractivity (Wildman–Crippen MR) is 97.2 cm³/mol. The van der Waals surface area contributed by atoms with Crippen molar-refractivity contribution in [2.75, 3.05) is 19.6 Å². The van der Waals surface area contributed by atoms with Gasteiger partial charge in [0.1, 0.15) is 17.7 Å². The van der Waals surface area contributed by atoms with Gasteiger partial charge in [-0.1, -0.05) is 24.3 Å². The van der Waals surface area contributed by atoms with Crippen LogP contribution >= 0.6 is 0 Å². The molecule has 0 unspecified atom stereocenters. The Balaban J connectivity index is 1.63. The minimum Gasteiger partial charge on any atom is -0.352 e. The molecule has 1 saturated heterocycles. The second-order valence-electron chi connectivity index (χ2n) is 6.32. The Morgan fingerprint density at radius 2 is 1.82 bits per heavy atom. The Bertz CT molecular complexity index is 887. The fourth-order valence-corrected chi connectivity index (χ4v) is 3.08. The zero-order chi connectivity index (χ0) is 20.1. The Morgan fingerprint density at radius 1 is 1.11 bits per heavy atom. The topological polar surface area (TPSA) is 78.5 Å². The molecule has 28 heavy (non-hydrogen) atoms. The highest BCUT2D eigenvalue weighted by Crippen LogP contribution is 2.24. The van der Waals surface area contributed by atoms with E-state index >= 15 is 0 Å². The molecular formula is C20H19F2N3O3. The van der Waals surface area contributed by atoms with Crippen molar-refractivity contribution in [1.29, 1.82) is 0 Å². The van der Waals surface area contributed by atoms with Crippen LogP contribution in [0.25, 0.3) is 0 Å². The minimum atomic E-state index is -0.857. The summed E-state index contributed by atoms with van der Waals surface area (Å²) in [6, 6.07) is 10.1. The molecule has 2 aromatic carbocycles. The van der Waals surface area contributed by atoms with Crippen molar-refractivity contribution < 1.29 is 23.2 Å². The van der Waals surface area contributed by atoms with Crippen molar-refractivity contribution in [3.63, 3.8) is 0 Å². The molecule has 6 nitrogen and oxygen atoms in total. The number of carbonyl (C=O) groups excluding carboxylic acids is 3. The highest BCUT2D eigenvalue weighted by atomic mass is 19.1. The first-order valence-electron chi connectivity index (χ1n) is 8.83. The van der Waals surface area contributed by atoms with Crippen LogP contribution in [0.2, 0.25) is 0 Å². The lowest BCUT2D eigenvalue weighted by Crippen LogP contribution is -2.52. The lowest BCUT2D eigenvalue weighted by Gasteiger charge is -2.35. The maximum absolute atomic E-state index is 13.6. The smallest absolute Gasteiger partial charge is 0.254 e. The van der Waals surface area contributed by atoms with Gasteiger partial charge in [-0.3, -0.25) is 14.4 Å². The molecule has 0 saturated carbocycles. The molecule has 1 aliphatic rings. The van der Waals surface area contributed by atoms with Crippen molar-refractivity contribution in [3.05, 3.63) is 71.3 Å². The number of nitrogens with one attached hydrogen (secondary N) is 2. The van der Waals surface area contributed by atoms with Gasteiger partial charge in [0.25, 0.3) is 5.91 Å². The van der Waals surface area contributed by atoms with Crippen molar-refractivity contribution in [1.82, 2.24) is 15.5 Å². The predicted octanol–water partition coefficient (Wildman–Crippen LogP) is 1.78. The summed E-state index contributed by atoms with van der Waals surface area (Å²) in [4.78, 5) is 38.3. The summed E-state index contributed by atoms with van der Waals surface area (Å²) in [6.45, 7) is 0.609. The van der Waals surface area contributed by atoms with E-state index in [4.69, 9.17) is 0 Å². The molecule has 2 N–H and O–H groups in total. The lowest BCUT2D eigenvalue weighted by molar-refractivity contribution is -0.143. The molecule has 0 aromatic heterocycles. The van der Waals surface area contributed by atoms with Gasteiger partial charge in [-0.05, 0) is 29.8 Å². The Labute approximate surface area is 160 Å². The number of hydrogen-bond acceptors (Lipinski definition) is 3. The van der Waals surface area contributed by atoms with E-state index in [-0.39, 0.29) is 30.3 Å². The van der Waals surface area contributed by atoms with Crippen LogP contribution < -0.4 is 10.6 Å². The van der Waals surface area contributed by atoms with Gasteiger partial charge in [0.15, 0.2) is 0 Å². The van der Waals surface area contributed by atoms with Gasteiger partial charge >= 0.3 is 0 Å². The molecule has 0 bridgehead atoms. The summed E-state index contributed by atoms with van der Waals surface area (Å²) in [5, 5.41) is 5.20. The molecule has 1 fully saturated rings. The highest BCUT2D eigenvalue weighted by Gasteiger charge is 2.34. The van der Waals surface area contributed by atoms with Crippen molar-refractivity contribution in [2.24, 2.45) is 0 Å². The molecule has 0 aliphatic carbocycles.